The van der Waals surface area contributed by atoms with Crippen LogP contribution in [0.15, 0.2) is 60.7 Å². The van der Waals surface area contributed by atoms with Crippen LogP contribution in [-0.4, -0.2) is 89.3 Å². The minimum absolute atomic E-state index is 0.0633. The van der Waals surface area contributed by atoms with Gasteiger partial charge in [-0.1, -0.05) is 47.5 Å². The van der Waals surface area contributed by atoms with Gasteiger partial charge in [-0.05, 0) is 88.1 Å². The Balaban J connectivity index is 1.54. The number of carbonyl (C=O) groups is 4. The summed E-state index contributed by atoms with van der Waals surface area (Å²) in [4.78, 5) is 57.0. The van der Waals surface area contributed by atoms with Gasteiger partial charge in [0.25, 0.3) is 0 Å². The van der Waals surface area contributed by atoms with Gasteiger partial charge in [0.1, 0.15) is 34.1 Å². The molecule has 0 amide bonds. The maximum atomic E-state index is 14.9. The van der Waals surface area contributed by atoms with Crippen LogP contribution in [0.2, 0.25) is 0 Å². The second-order valence-corrected chi connectivity index (χ2v) is 19.5. The van der Waals surface area contributed by atoms with Crippen molar-refractivity contribution in [2.24, 2.45) is 0 Å². The van der Waals surface area contributed by atoms with Crippen LogP contribution in [0.5, 0.6) is 23.0 Å². The molecule has 0 aliphatic carbocycles. The van der Waals surface area contributed by atoms with Crippen molar-refractivity contribution in [1.29, 1.82) is 0 Å². The summed E-state index contributed by atoms with van der Waals surface area (Å²) in [5, 5.41) is 0. The fourth-order valence-corrected chi connectivity index (χ4v) is 11.7. The third-order valence-electron chi connectivity index (χ3n) is 9.85. The fraction of sp³-hybridized carbons (Fsp3) is 0.364. The number of aryl methyl sites for hydroxylation is 6. The summed E-state index contributed by atoms with van der Waals surface area (Å²) in [7, 11) is -3.49. The number of hydrogen-bond acceptors (Lipinski definition) is 12. The molecule has 14 heteroatoms. The molecule has 0 unspecified atom stereocenters. The maximum absolute atomic E-state index is 14.9. The number of methoxy groups -OCH3 is 4. The molecule has 4 aromatic rings. The van der Waals surface area contributed by atoms with Crippen LogP contribution in [0.3, 0.4) is 0 Å². The molecule has 0 heterocycles. The molecular weight excluding hydrogens is 782 g/mol. The van der Waals surface area contributed by atoms with Gasteiger partial charge >= 0.3 is 0 Å². The quantitative estimate of drug-likeness (QED) is 0.0581. The molecule has 0 spiro atoms. The lowest BCUT2D eigenvalue weighted by Crippen LogP contribution is -2.20. The van der Waals surface area contributed by atoms with Crippen LogP contribution in [0, 0.1) is 41.5 Å². The smallest absolute Gasteiger partial charge is 0.236 e. The minimum atomic E-state index is -4.57. The number of benzene rings is 4. The van der Waals surface area contributed by atoms with Gasteiger partial charge in [-0.2, -0.15) is 0 Å². The topological polar surface area (TPSA) is 158 Å². The Morgan fingerprint density at radius 2 is 0.690 bits per heavy atom. The molecule has 0 aliphatic rings. The molecular formula is C44H52O12P2. The van der Waals surface area contributed by atoms with Crippen LogP contribution in [0.25, 0.3) is 0 Å². The summed E-state index contributed by atoms with van der Waals surface area (Å²) in [6.45, 7) is 10.2. The van der Waals surface area contributed by atoms with E-state index < -0.39 is 42.5 Å². The second-order valence-electron chi connectivity index (χ2n) is 14.0. The lowest BCUT2D eigenvalue weighted by molar-refractivity contribution is 0.0592. The molecule has 4 aromatic carbocycles. The van der Waals surface area contributed by atoms with E-state index in [1.54, 1.807) is 39.8 Å². The Hall–Kier alpha value is -4.86. The minimum Gasteiger partial charge on any atom is -0.496 e. The van der Waals surface area contributed by atoms with Gasteiger partial charge in [0, 0.05) is 23.5 Å². The molecule has 0 saturated carbocycles. The summed E-state index contributed by atoms with van der Waals surface area (Å²) >= 11 is 0. The average Bonchev–Trinajstić information content (AvgIpc) is 3.19. The van der Waals surface area contributed by atoms with Gasteiger partial charge in [0.15, 0.2) is 0 Å². The molecule has 0 fully saturated rings. The lowest BCUT2D eigenvalue weighted by atomic mass is 10.0. The zero-order valence-electron chi connectivity index (χ0n) is 34.8. The summed E-state index contributed by atoms with van der Waals surface area (Å²) < 4.78 is 62.9. The van der Waals surface area contributed by atoms with Crippen molar-refractivity contribution >= 4 is 36.4 Å². The summed E-state index contributed by atoms with van der Waals surface area (Å²) in [5.41, 5.74) is 1.16. The van der Waals surface area contributed by atoms with Gasteiger partial charge in [0.2, 0.25) is 36.4 Å². The van der Waals surface area contributed by atoms with Crippen LogP contribution < -0.4 is 18.9 Å². The second kappa shape index (κ2) is 19.7. The van der Waals surface area contributed by atoms with E-state index in [0.29, 0.717) is 22.3 Å². The number of rotatable bonds is 21. The molecule has 0 saturated heterocycles. The highest BCUT2D eigenvalue weighted by Gasteiger charge is 2.46. The zero-order chi connectivity index (χ0) is 42.9. The number of carbonyl (C=O) groups excluding carboxylic acids is 4. The number of hydrogen-bond donors (Lipinski definition) is 0. The predicted octanol–water partition coefficient (Wildman–Crippen LogP) is 8.99. The first-order valence-corrected chi connectivity index (χ1v) is 22.4. The van der Waals surface area contributed by atoms with E-state index >= 15 is 0 Å². The van der Waals surface area contributed by atoms with Gasteiger partial charge < -0.3 is 37.6 Å². The Morgan fingerprint density at radius 3 is 0.948 bits per heavy atom. The number of ether oxygens (including phenoxy) is 6. The Labute approximate surface area is 340 Å². The standard InChI is InChI=1S/C44H52O12P2/c1-27-23-29(3)37(30(4)24-27)41(45)57(49,42(46)38-31(5)25-28(2)26-32(38)6)21-19-55-17-18-56-20-22-58(50,43(47)39-33(51-7)13-11-14-34(39)52-8)44(48)40-35(53-9)15-12-16-36(40)54-10/h11-16,23-26H,17-22H2,1-10H3. The van der Waals surface area contributed by atoms with Crippen LogP contribution in [0.1, 0.15) is 74.8 Å². The van der Waals surface area contributed by atoms with E-state index in [-0.39, 0.29) is 77.8 Å². The van der Waals surface area contributed by atoms with E-state index in [9.17, 15) is 28.3 Å². The average molecular weight is 835 g/mol. The molecule has 4 rings (SSSR count). The van der Waals surface area contributed by atoms with Crippen molar-refractivity contribution in [3.8, 4) is 23.0 Å². The molecule has 0 aliphatic heterocycles. The van der Waals surface area contributed by atoms with E-state index in [1.165, 1.54) is 52.7 Å². The van der Waals surface area contributed by atoms with Crippen LogP contribution in [-0.2, 0) is 18.6 Å². The normalized spacial score (nSPS) is 11.6. The molecule has 310 valence electrons. The third-order valence-corrected chi connectivity index (χ3v) is 15.0. The fourth-order valence-electron chi connectivity index (χ4n) is 7.18. The first kappa shape index (κ1) is 45.8. The summed E-state index contributed by atoms with van der Waals surface area (Å²) in [6, 6.07) is 16.5. The van der Waals surface area contributed by atoms with Crippen LogP contribution in [0.4, 0.5) is 0 Å². The predicted molar refractivity (Wildman–Crippen MR) is 224 cm³/mol. The molecule has 0 bridgehead atoms. The SMILES string of the molecule is COc1cccc(OC)c1C(=O)P(=O)(CCOCCOCCP(=O)(C(=O)c1c(C)cc(C)cc1C)C(=O)c1c(C)cc(C)cc1C)C(=O)c1c(OC)cccc1OC. The van der Waals surface area contributed by atoms with Crippen molar-refractivity contribution in [3.05, 3.63) is 116 Å². The highest BCUT2D eigenvalue weighted by Crippen LogP contribution is 2.57. The van der Waals surface area contributed by atoms with Crippen molar-refractivity contribution in [2.75, 3.05) is 67.2 Å². The van der Waals surface area contributed by atoms with Gasteiger partial charge in [-0.15, -0.1) is 0 Å². The van der Waals surface area contributed by atoms with Crippen molar-refractivity contribution in [1.82, 2.24) is 0 Å². The van der Waals surface area contributed by atoms with Gasteiger partial charge in [-0.25, -0.2) is 0 Å². The van der Waals surface area contributed by atoms with Crippen molar-refractivity contribution in [3.63, 3.8) is 0 Å². The lowest BCUT2D eigenvalue weighted by Gasteiger charge is -2.21. The Morgan fingerprint density at radius 1 is 0.431 bits per heavy atom. The first-order chi connectivity index (χ1) is 27.5. The van der Waals surface area contributed by atoms with E-state index in [1.807, 2.05) is 38.1 Å². The van der Waals surface area contributed by atoms with Crippen LogP contribution >= 0.6 is 14.3 Å². The molecule has 0 atom stereocenters. The van der Waals surface area contributed by atoms with E-state index in [0.717, 1.165) is 11.1 Å². The highest BCUT2D eigenvalue weighted by atomic mass is 31.2. The highest BCUT2D eigenvalue weighted by molar-refractivity contribution is 7.95. The Bertz CT molecular complexity index is 2080. The van der Waals surface area contributed by atoms with Gasteiger partial charge in [0.05, 0.1) is 54.9 Å². The molecule has 0 N–H and O–H groups in total. The third kappa shape index (κ3) is 9.53. The molecule has 58 heavy (non-hydrogen) atoms. The molecule has 12 nitrogen and oxygen atoms in total. The largest absolute Gasteiger partial charge is 0.496 e. The van der Waals surface area contributed by atoms with E-state index in [2.05, 4.69) is 0 Å². The summed E-state index contributed by atoms with van der Waals surface area (Å²) in [6.07, 6.45) is -0.848. The Kier molecular flexibility index (Phi) is 15.6. The zero-order valence-corrected chi connectivity index (χ0v) is 36.6. The maximum Gasteiger partial charge on any atom is 0.236 e. The van der Waals surface area contributed by atoms with Gasteiger partial charge in [-0.3, -0.25) is 19.2 Å². The van der Waals surface area contributed by atoms with E-state index in [4.69, 9.17) is 28.4 Å². The van der Waals surface area contributed by atoms with Crippen molar-refractivity contribution < 1.29 is 56.7 Å². The molecule has 0 radical (unpaired) electrons. The van der Waals surface area contributed by atoms with Crippen molar-refractivity contribution in [2.45, 2.75) is 41.5 Å². The monoisotopic (exact) mass is 834 g/mol. The first-order valence-electron chi connectivity index (χ1n) is 18.6. The molecule has 0 aromatic heterocycles. The summed E-state index contributed by atoms with van der Waals surface area (Å²) in [5.74, 6) is 0.253.